The predicted molar refractivity (Wildman–Crippen MR) is 112 cm³/mol. The zero-order valence-electron chi connectivity index (χ0n) is 16.8. The molecule has 0 radical (unpaired) electrons. The summed E-state index contributed by atoms with van der Waals surface area (Å²) in [5.74, 6) is 0.989. The molecule has 0 bridgehead atoms. The maximum absolute atomic E-state index is 13.0. The van der Waals surface area contributed by atoms with Crippen molar-refractivity contribution in [3.8, 4) is 22.8 Å². The summed E-state index contributed by atoms with van der Waals surface area (Å²) in [6.07, 6.45) is 0.650. The summed E-state index contributed by atoms with van der Waals surface area (Å²) in [4.78, 5) is 8.40. The fourth-order valence-corrected chi connectivity index (χ4v) is 3.83. The summed E-state index contributed by atoms with van der Waals surface area (Å²) in [6, 6.07) is 8.49. The van der Waals surface area contributed by atoms with E-state index in [4.69, 9.17) is 4.52 Å². The Bertz CT molecular complexity index is 1220. The molecule has 0 fully saturated rings. The van der Waals surface area contributed by atoms with E-state index in [0.717, 1.165) is 17.7 Å². The zero-order valence-corrected chi connectivity index (χ0v) is 17.6. The minimum atomic E-state index is -4.45. The number of hydrogen-bond donors (Lipinski definition) is 0. The van der Waals surface area contributed by atoms with Gasteiger partial charge in [0, 0.05) is 30.1 Å². The van der Waals surface area contributed by atoms with Crippen molar-refractivity contribution in [2.24, 2.45) is 0 Å². The highest BCUT2D eigenvalue weighted by Crippen LogP contribution is 2.36. The van der Waals surface area contributed by atoms with Crippen molar-refractivity contribution in [1.82, 2.24) is 29.9 Å². The van der Waals surface area contributed by atoms with E-state index in [2.05, 4.69) is 31.9 Å². The summed E-state index contributed by atoms with van der Waals surface area (Å²) < 4.78 is 46.2. The smallest absolute Gasteiger partial charge is 0.338 e. The van der Waals surface area contributed by atoms with Gasteiger partial charge in [-0.1, -0.05) is 35.1 Å². The Balaban J connectivity index is 1.57. The maximum atomic E-state index is 13.0. The van der Waals surface area contributed by atoms with Crippen LogP contribution in [0, 0.1) is 0 Å². The number of benzene rings is 1. The summed E-state index contributed by atoms with van der Waals surface area (Å²) in [5, 5.41) is 12.7. The maximum Gasteiger partial charge on any atom is 0.416 e. The van der Waals surface area contributed by atoms with Gasteiger partial charge in [0.15, 0.2) is 11.0 Å². The fourth-order valence-electron chi connectivity index (χ4n) is 2.94. The van der Waals surface area contributed by atoms with Crippen LogP contribution < -0.4 is 0 Å². The molecule has 0 saturated carbocycles. The van der Waals surface area contributed by atoms with Crippen LogP contribution in [0.25, 0.3) is 22.8 Å². The molecule has 1 atom stereocenters. The van der Waals surface area contributed by atoms with E-state index >= 15 is 0 Å². The summed E-state index contributed by atoms with van der Waals surface area (Å²) in [5.41, 5.74) is 0.260. The molecule has 164 valence electrons. The number of hydrogen-bond acceptors (Lipinski definition) is 7. The third-order valence-corrected chi connectivity index (χ3v) is 5.54. The molecule has 0 aliphatic heterocycles. The lowest BCUT2D eigenvalue weighted by molar-refractivity contribution is -0.137. The molecule has 0 aliphatic carbocycles. The number of aromatic nitrogens is 6. The van der Waals surface area contributed by atoms with E-state index < -0.39 is 11.7 Å². The number of alkyl halides is 3. The molecule has 0 spiro atoms. The van der Waals surface area contributed by atoms with Crippen LogP contribution in [0.2, 0.25) is 0 Å². The molecule has 3 heterocycles. The quantitative estimate of drug-likeness (QED) is 0.269. The number of rotatable bonds is 7. The van der Waals surface area contributed by atoms with Crippen LogP contribution in [0.15, 0.2) is 71.1 Å². The first kappa shape index (κ1) is 21.8. The molecule has 4 aromatic rings. The van der Waals surface area contributed by atoms with E-state index in [1.165, 1.54) is 23.9 Å². The van der Waals surface area contributed by atoms with E-state index in [0.29, 0.717) is 17.5 Å². The first-order valence-electron chi connectivity index (χ1n) is 9.49. The molecular weight excluding hydrogens is 441 g/mol. The number of nitrogens with zero attached hydrogens (tertiary/aromatic N) is 6. The third-order valence-electron chi connectivity index (χ3n) is 4.47. The third kappa shape index (κ3) is 4.57. The Labute approximate surface area is 185 Å². The van der Waals surface area contributed by atoms with Crippen LogP contribution in [-0.2, 0) is 12.7 Å². The van der Waals surface area contributed by atoms with Gasteiger partial charge in [-0.3, -0.25) is 9.55 Å². The minimum Gasteiger partial charge on any atom is -0.338 e. The van der Waals surface area contributed by atoms with Gasteiger partial charge in [-0.15, -0.1) is 16.8 Å². The Hall–Kier alpha value is -3.47. The van der Waals surface area contributed by atoms with Gasteiger partial charge in [-0.2, -0.15) is 18.2 Å². The van der Waals surface area contributed by atoms with Crippen molar-refractivity contribution in [1.29, 1.82) is 0 Å². The molecule has 11 heteroatoms. The highest BCUT2D eigenvalue weighted by Gasteiger charge is 2.31. The molecule has 7 nitrogen and oxygen atoms in total. The van der Waals surface area contributed by atoms with Crippen molar-refractivity contribution in [2.75, 3.05) is 0 Å². The first-order chi connectivity index (χ1) is 15.4. The SMILES string of the molecule is C=CCn1c(SC(C)c2nc(-c3cccc(C(F)(F)F)c3)no2)nnc1-c1cccnc1. The Kier molecular flexibility index (Phi) is 6.08. The van der Waals surface area contributed by atoms with Gasteiger partial charge in [-0.25, -0.2) is 0 Å². The van der Waals surface area contributed by atoms with Crippen LogP contribution in [0.3, 0.4) is 0 Å². The van der Waals surface area contributed by atoms with Crippen LogP contribution >= 0.6 is 11.8 Å². The number of thioether (sulfide) groups is 1. The lowest BCUT2D eigenvalue weighted by Crippen LogP contribution is -2.04. The average molecular weight is 458 g/mol. The summed E-state index contributed by atoms with van der Waals surface area (Å²) >= 11 is 1.34. The molecule has 0 saturated heterocycles. The van der Waals surface area contributed by atoms with Crippen LogP contribution in [0.4, 0.5) is 13.2 Å². The molecule has 1 aromatic carbocycles. The van der Waals surface area contributed by atoms with E-state index in [1.807, 2.05) is 23.6 Å². The Morgan fingerprint density at radius 1 is 1.19 bits per heavy atom. The molecule has 3 aromatic heterocycles. The van der Waals surface area contributed by atoms with Crippen molar-refractivity contribution < 1.29 is 17.7 Å². The second kappa shape index (κ2) is 8.95. The van der Waals surface area contributed by atoms with Crippen molar-refractivity contribution >= 4 is 11.8 Å². The van der Waals surface area contributed by atoms with Gasteiger partial charge in [0.1, 0.15) is 0 Å². The standard InChI is InChI=1S/C21H17F3N6OS/c1-3-10-30-18(15-7-5-9-25-12-15)27-28-20(30)32-13(2)19-26-17(29-31-19)14-6-4-8-16(11-14)21(22,23)24/h3-9,11-13H,1,10H2,2H3. The predicted octanol–water partition coefficient (Wildman–Crippen LogP) is 5.45. The second-order valence-electron chi connectivity index (χ2n) is 6.74. The lowest BCUT2D eigenvalue weighted by Gasteiger charge is -2.09. The number of halogens is 3. The van der Waals surface area contributed by atoms with Crippen molar-refractivity contribution in [2.45, 2.75) is 30.1 Å². The Morgan fingerprint density at radius 2 is 2.00 bits per heavy atom. The molecule has 32 heavy (non-hydrogen) atoms. The van der Waals surface area contributed by atoms with Gasteiger partial charge in [0.05, 0.1) is 10.8 Å². The van der Waals surface area contributed by atoms with Gasteiger partial charge >= 0.3 is 6.18 Å². The van der Waals surface area contributed by atoms with Crippen molar-refractivity contribution in [3.05, 3.63) is 72.9 Å². The van der Waals surface area contributed by atoms with Gasteiger partial charge < -0.3 is 4.52 Å². The molecule has 1 unspecified atom stereocenters. The zero-order chi connectivity index (χ0) is 22.7. The number of pyridine rings is 1. The normalized spacial score (nSPS) is 12.6. The summed E-state index contributed by atoms with van der Waals surface area (Å²) in [6.45, 7) is 6.10. The molecule has 4 rings (SSSR count). The van der Waals surface area contributed by atoms with Gasteiger partial charge in [0.2, 0.25) is 11.7 Å². The first-order valence-corrected chi connectivity index (χ1v) is 10.4. The Morgan fingerprint density at radius 3 is 2.72 bits per heavy atom. The highest BCUT2D eigenvalue weighted by molar-refractivity contribution is 7.99. The minimum absolute atomic E-state index is 0.0853. The molecule has 0 amide bonds. The van der Waals surface area contributed by atoms with Gasteiger partial charge in [-0.05, 0) is 31.2 Å². The number of allylic oxidation sites excluding steroid dienone is 1. The average Bonchev–Trinajstić information content (AvgIpc) is 3.42. The van der Waals surface area contributed by atoms with Crippen LogP contribution in [0.1, 0.15) is 23.6 Å². The van der Waals surface area contributed by atoms with Crippen molar-refractivity contribution in [3.63, 3.8) is 0 Å². The second-order valence-corrected chi connectivity index (χ2v) is 8.05. The van der Waals surface area contributed by atoms with Gasteiger partial charge in [0.25, 0.3) is 0 Å². The largest absolute Gasteiger partial charge is 0.416 e. The van der Waals surface area contributed by atoms with E-state index in [1.54, 1.807) is 18.5 Å². The molecular formula is C21H17F3N6OS. The van der Waals surface area contributed by atoms with E-state index in [9.17, 15) is 13.2 Å². The monoisotopic (exact) mass is 458 g/mol. The summed E-state index contributed by atoms with van der Waals surface area (Å²) in [7, 11) is 0. The van der Waals surface area contributed by atoms with Crippen LogP contribution in [-0.4, -0.2) is 29.9 Å². The van der Waals surface area contributed by atoms with Crippen LogP contribution in [0.5, 0.6) is 0 Å². The molecule has 0 N–H and O–H groups in total. The van der Waals surface area contributed by atoms with E-state index in [-0.39, 0.29) is 22.5 Å². The highest BCUT2D eigenvalue weighted by atomic mass is 32.2. The molecule has 0 aliphatic rings. The lowest BCUT2D eigenvalue weighted by atomic mass is 10.1. The topological polar surface area (TPSA) is 82.5 Å². The fraction of sp³-hybridized carbons (Fsp3) is 0.190.